The number of hydrogen-bond acceptors (Lipinski definition) is 6. The molecular formula is C23H21F3N6O2. The summed E-state index contributed by atoms with van der Waals surface area (Å²) in [7, 11) is 0. The highest BCUT2D eigenvalue weighted by Crippen LogP contribution is 2.27. The SMILES string of the molecule is O=C(NCc1cc2c3ccccc3nc(N3CCNCC3)n2n1)c1ccccc1OC(F)(F)F. The maximum atomic E-state index is 12.7. The predicted octanol–water partition coefficient (Wildman–Crippen LogP) is 3.12. The Balaban J connectivity index is 1.44. The first-order valence-electron chi connectivity index (χ1n) is 10.7. The lowest BCUT2D eigenvalue weighted by molar-refractivity contribution is -0.274. The molecule has 0 spiro atoms. The van der Waals surface area contributed by atoms with Gasteiger partial charge < -0.3 is 20.3 Å². The van der Waals surface area contributed by atoms with E-state index in [-0.39, 0.29) is 12.1 Å². The summed E-state index contributed by atoms with van der Waals surface area (Å²) in [6.07, 6.45) is -4.90. The van der Waals surface area contributed by atoms with Crippen LogP contribution in [0.1, 0.15) is 16.1 Å². The van der Waals surface area contributed by atoms with Crippen LogP contribution in [-0.4, -0.2) is 53.0 Å². The molecule has 1 saturated heterocycles. The van der Waals surface area contributed by atoms with E-state index in [2.05, 4.69) is 25.4 Å². The molecule has 0 aliphatic carbocycles. The third-order valence-electron chi connectivity index (χ3n) is 5.54. The number of nitrogens with zero attached hydrogens (tertiary/aromatic N) is 4. The Hall–Kier alpha value is -3.86. The highest BCUT2D eigenvalue weighted by atomic mass is 19.4. The third kappa shape index (κ3) is 4.46. The van der Waals surface area contributed by atoms with E-state index >= 15 is 0 Å². The van der Waals surface area contributed by atoms with Gasteiger partial charge in [0.2, 0.25) is 5.95 Å². The van der Waals surface area contributed by atoms with Gasteiger partial charge in [-0.1, -0.05) is 30.3 Å². The second kappa shape index (κ2) is 8.82. The Labute approximate surface area is 192 Å². The van der Waals surface area contributed by atoms with Crippen LogP contribution in [0, 0.1) is 0 Å². The van der Waals surface area contributed by atoms with Gasteiger partial charge in [0.25, 0.3) is 5.91 Å². The minimum absolute atomic E-state index is 0.0240. The van der Waals surface area contributed by atoms with Gasteiger partial charge in [-0.15, -0.1) is 13.2 Å². The lowest BCUT2D eigenvalue weighted by atomic mass is 10.2. The Morgan fingerprint density at radius 1 is 1.09 bits per heavy atom. The van der Waals surface area contributed by atoms with Crippen molar-refractivity contribution in [1.82, 2.24) is 25.2 Å². The van der Waals surface area contributed by atoms with Gasteiger partial charge in [0, 0.05) is 31.6 Å². The van der Waals surface area contributed by atoms with Crippen LogP contribution in [0.2, 0.25) is 0 Å². The summed E-state index contributed by atoms with van der Waals surface area (Å²) in [4.78, 5) is 19.6. The zero-order valence-corrected chi connectivity index (χ0v) is 18.0. The van der Waals surface area contributed by atoms with Crippen molar-refractivity contribution >= 4 is 28.3 Å². The summed E-state index contributed by atoms with van der Waals surface area (Å²) < 4.78 is 43.8. The number of alkyl halides is 3. The first kappa shape index (κ1) is 22.0. The fourth-order valence-corrected chi connectivity index (χ4v) is 4.01. The molecule has 2 N–H and O–H groups in total. The van der Waals surface area contributed by atoms with Gasteiger partial charge in [0.1, 0.15) is 5.75 Å². The summed E-state index contributed by atoms with van der Waals surface area (Å²) in [5.74, 6) is -0.544. The molecule has 1 amide bonds. The maximum absolute atomic E-state index is 12.7. The number of hydrogen-bond donors (Lipinski definition) is 2. The van der Waals surface area contributed by atoms with Crippen molar-refractivity contribution in [3.63, 3.8) is 0 Å². The molecule has 4 aromatic rings. The minimum atomic E-state index is -4.90. The molecule has 0 atom stereocenters. The van der Waals surface area contributed by atoms with Crippen molar-refractivity contribution in [3.05, 3.63) is 65.9 Å². The quantitative estimate of drug-likeness (QED) is 0.467. The van der Waals surface area contributed by atoms with Crippen molar-refractivity contribution in [2.24, 2.45) is 0 Å². The Bertz CT molecular complexity index is 1350. The number of ether oxygens (including phenoxy) is 1. The molecule has 1 aliphatic rings. The number of fused-ring (bicyclic) bond motifs is 3. The van der Waals surface area contributed by atoms with E-state index in [4.69, 9.17) is 4.98 Å². The van der Waals surface area contributed by atoms with Crippen LogP contribution in [0.5, 0.6) is 5.75 Å². The highest BCUT2D eigenvalue weighted by molar-refractivity contribution is 5.97. The zero-order chi connectivity index (χ0) is 23.7. The number of aromatic nitrogens is 3. The Morgan fingerprint density at radius 3 is 2.62 bits per heavy atom. The van der Waals surface area contributed by atoms with Gasteiger partial charge in [-0.25, -0.2) is 4.98 Å². The lowest BCUT2D eigenvalue weighted by Gasteiger charge is -2.28. The van der Waals surface area contributed by atoms with E-state index < -0.39 is 18.0 Å². The molecular weight excluding hydrogens is 449 g/mol. The smallest absolute Gasteiger partial charge is 0.405 e. The Kier molecular flexibility index (Phi) is 5.70. The number of benzene rings is 2. The van der Waals surface area contributed by atoms with E-state index in [0.717, 1.165) is 48.7 Å². The number of anilines is 1. The van der Waals surface area contributed by atoms with Crippen molar-refractivity contribution in [2.75, 3.05) is 31.1 Å². The Morgan fingerprint density at radius 2 is 1.82 bits per heavy atom. The molecule has 1 aliphatic heterocycles. The van der Waals surface area contributed by atoms with Crippen LogP contribution in [0.15, 0.2) is 54.6 Å². The average molecular weight is 470 g/mol. The molecule has 34 heavy (non-hydrogen) atoms. The van der Waals surface area contributed by atoms with Crippen LogP contribution < -0.4 is 20.3 Å². The fraction of sp³-hybridized carbons (Fsp3) is 0.261. The normalized spacial score (nSPS) is 14.5. The molecule has 0 radical (unpaired) electrons. The third-order valence-corrected chi connectivity index (χ3v) is 5.54. The van der Waals surface area contributed by atoms with Gasteiger partial charge >= 0.3 is 6.36 Å². The average Bonchev–Trinajstić information content (AvgIpc) is 3.26. The first-order valence-corrected chi connectivity index (χ1v) is 10.7. The topological polar surface area (TPSA) is 83.8 Å². The number of halogens is 3. The first-order chi connectivity index (χ1) is 16.4. The van der Waals surface area contributed by atoms with Crippen molar-refractivity contribution < 1.29 is 22.7 Å². The van der Waals surface area contributed by atoms with E-state index in [1.54, 1.807) is 4.52 Å². The zero-order valence-electron chi connectivity index (χ0n) is 18.0. The van der Waals surface area contributed by atoms with Crippen LogP contribution >= 0.6 is 0 Å². The summed E-state index contributed by atoms with van der Waals surface area (Å²) in [5, 5.41) is 11.5. The largest absolute Gasteiger partial charge is 0.573 e. The summed E-state index contributed by atoms with van der Waals surface area (Å²) in [6, 6.07) is 14.8. The van der Waals surface area contributed by atoms with E-state index in [9.17, 15) is 18.0 Å². The molecule has 1 fully saturated rings. The highest BCUT2D eigenvalue weighted by Gasteiger charge is 2.32. The number of carbonyl (C=O) groups excluding carboxylic acids is 1. The van der Waals surface area contributed by atoms with Gasteiger partial charge in [0.15, 0.2) is 0 Å². The summed E-state index contributed by atoms with van der Waals surface area (Å²) in [6.45, 7) is 3.25. The standard InChI is InChI=1S/C23H21F3N6O2/c24-23(25,26)34-20-8-4-2-6-17(20)21(33)28-14-15-13-19-16-5-1-3-7-18(16)29-22(32(19)30-15)31-11-9-27-10-12-31/h1-8,13,27H,9-12,14H2,(H,28,33). The van der Waals surface area contributed by atoms with Gasteiger partial charge in [-0.05, 0) is 24.3 Å². The predicted molar refractivity (Wildman–Crippen MR) is 120 cm³/mol. The molecule has 0 bridgehead atoms. The van der Waals surface area contributed by atoms with Crippen LogP contribution in [0.25, 0.3) is 16.4 Å². The van der Waals surface area contributed by atoms with Gasteiger partial charge in [0.05, 0.1) is 28.8 Å². The molecule has 2 aromatic carbocycles. The number of para-hydroxylation sites is 2. The second-order valence-electron chi connectivity index (χ2n) is 7.83. The minimum Gasteiger partial charge on any atom is -0.405 e. The number of nitrogens with one attached hydrogen (secondary N) is 2. The van der Waals surface area contributed by atoms with Gasteiger partial charge in [-0.3, -0.25) is 4.79 Å². The van der Waals surface area contributed by atoms with E-state index in [1.807, 2.05) is 30.3 Å². The van der Waals surface area contributed by atoms with Gasteiger partial charge in [-0.2, -0.15) is 9.61 Å². The second-order valence-corrected chi connectivity index (χ2v) is 7.83. The molecule has 2 aromatic heterocycles. The maximum Gasteiger partial charge on any atom is 0.573 e. The molecule has 0 saturated carbocycles. The lowest BCUT2D eigenvalue weighted by Crippen LogP contribution is -2.44. The molecule has 0 unspecified atom stereocenters. The van der Waals surface area contributed by atoms with E-state index in [0.29, 0.717) is 11.6 Å². The molecule has 8 nitrogen and oxygen atoms in total. The fourth-order valence-electron chi connectivity index (χ4n) is 4.01. The molecule has 11 heteroatoms. The van der Waals surface area contributed by atoms with Crippen LogP contribution in [-0.2, 0) is 6.54 Å². The number of carbonyl (C=O) groups is 1. The van der Waals surface area contributed by atoms with Crippen LogP contribution in [0.3, 0.4) is 0 Å². The van der Waals surface area contributed by atoms with Crippen LogP contribution in [0.4, 0.5) is 19.1 Å². The van der Waals surface area contributed by atoms with Crippen molar-refractivity contribution in [2.45, 2.75) is 12.9 Å². The number of rotatable bonds is 5. The molecule has 3 heterocycles. The number of amides is 1. The molecule has 176 valence electrons. The van der Waals surface area contributed by atoms with Crippen molar-refractivity contribution in [1.29, 1.82) is 0 Å². The summed E-state index contributed by atoms with van der Waals surface area (Å²) in [5.41, 5.74) is 2.01. The monoisotopic (exact) mass is 470 g/mol. The number of piperazine rings is 1. The van der Waals surface area contributed by atoms with Crippen molar-refractivity contribution in [3.8, 4) is 5.75 Å². The summed E-state index contributed by atoms with van der Waals surface area (Å²) >= 11 is 0. The molecule has 5 rings (SSSR count). The van der Waals surface area contributed by atoms with E-state index in [1.165, 1.54) is 18.2 Å².